The van der Waals surface area contributed by atoms with Crippen LogP contribution < -0.4 is 5.32 Å². The molecule has 2 heteroatoms. The summed E-state index contributed by atoms with van der Waals surface area (Å²) in [6.07, 6.45) is 6.48. The molecule has 0 bridgehead atoms. The van der Waals surface area contributed by atoms with Crippen molar-refractivity contribution in [3.63, 3.8) is 0 Å². The van der Waals surface area contributed by atoms with Gasteiger partial charge in [-0.25, -0.2) is 0 Å². The third-order valence-corrected chi connectivity index (χ3v) is 2.90. The molecule has 13 heavy (non-hydrogen) atoms. The predicted octanol–water partition coefficient (Wildman–Crippen LogP) is 2.34. The van der Waals surface area contributed by atoms with Crippen LogP contribution in [0.5, 0.6) is 0 Å². The third kappa shape index (κ3) is 4.10. The van der Waals surface area contributed by atoms with Crippen molar-refractivity contribution in [3.8, 4) is 0 Å². The zero-order chi connectivity index (χ0) is 9.57. The molecule has 1 aliphatic rings. The van der Waals surface area contributed by atoms with Crippen molar-refractivity contribution in [1.29, 1.82) is 0 Å². The average Bonchev–Trinajstić information content (AvgIpc) is 2.08. The summed E-state index contributed by atoms with van der Waals surface area (Å²) in [5, 5.41) is 3.55. The molecule has 0 amide bonds. The van der Waals surface area contributed by atoms with Gasteiger partial charge in [0.05, 0.1) is 6.61 Å². The van der Waals surface area contributed by atoms with E-state index in [1.54, 1.807) is 0 Å². The van der Waals surface area contributed by atoms with Gasteiger partial charge in [-0.15, -0.1) is 0 Å². The fourth-order valence-electron chi connectivity index (χ4n) is 1.66. The maximum atomic E-state index is 5.48. The van der Waals surface area contributed by atoms with Crippen molar-refractivity contribution < 1.29 is 4.74 Å². The van der Waals surface area contributed by atoms with Gasteiger partial charge in [0.25, 0.3) is 0 Å². The molecule has 0 aliphatic heterocycles. The number of rotatable bonds is 7. The van der Waals surface area contributed by atoms with E-state index in [1.165, 1.54) is 32.1 Å². The number of ether oxygens (including phenoxy) is 1. The van der Waals surface area contributed by atoms with Gasteiger partial charge < -0.3 is 10.1 Å². The highest BCUT2D eigenvalue weighted by atomic mass is 16.5. The van der Waals surface area contributed by atoms with Crippen LogP contribution in [-0.2, 0) is 4.74 Å². The van der Waals surface area contributed by atoms with Gasteiger partial charge in [-0.05, 0) is 32.6 Å². The van der Waals surface area contributed by atoms with Crippen LogP contribution in [0.3, 0.4) is 0 Å². The van der Waals surface area contributed by atoms with Crippen LogP contribution >= 0.6 is 0 Å². The molecule has 1 fully saturated rings. The Morgan fingerprint density at radius 2 is 2.08 bits per heavy atom. The normalized spacial score (nSPS) is 19.8. The van der Waals surface area contributed by atoms with E-state index < -0.39 is 0 Å². The van der Waals surface area contributed by atoms with Crippen molar-refractivity contribution >= 4 is 0 Å². The Bertz CT molecular complexity index is 132. The second kappa shape index (κ2) is 5.61. The number of hydrogen-bond donors (Lipinski definition) is 1. The topological polar surface area (TPSA) is 21.3 Å². The minimum Gasteiger partial charge on any atom is -0.380 e. The zero-order valence-electron chi connectivity index (χ0n) is 9.07. The van der Waals surface area contributed by atoms with Crippen molar-refractivity contribution in [2.75, 3.05) is 19.8 Å². The van der Waals surface area contributed by atoms with Crippen LogP contribution in [-0.4, -0.2) is 25.3 Å². The lowest BCUT2D eigenvalue weighted by molar-refractivity contribution is 0.115. The average molecular weight is 185 g/mol. The molecule has 0 atom stereocenters. The Kier molecular flexibility index (Phi) is 4.74. The van der Waals surface area contributed by atoms with E-state index in [4.69, 9.17) is 4.74 Å². The lowest BCUT2D eigenvalue weighted by Crippen LogP contribution is -2.49. The molecule has 0 heterocycles. The highest BCUT2D eigenvalue weighted by molar-refractivity contribution is 4.91. The van der Waals surface area contributed by atoms with E-state index in [-0.39, 0.29) is 0 Å². The molecule has 2 nitrogen and oxygen atoms in total. The van der Waals surface area contributed by atoms with Crippen LogP contribution in [0.1, 0.15) is 46.0 Å². The molecular formula is C11H23NO. The highest BCUT2D eigenvalue weighted by Crippen LogP contribution is 2.30. The van der Waals surface area contributed by atoms with Crippen LogP contribution in [0.15, 0.2) is 0 Å². The van der Waals surface area contributed by atoms with Gasteiger partial charge in [0.1, 0.15) is 0 Å². The maximum Gasteiger partial charge on any atom is 0.0591 e. The van der Waals surface area contributed by atoms with Gasteiger partial charge in [0, 0.05) is 18.7 Å². The first-order chi connectivity index (χ1) is 6.27. The van der Waals surface area contributed by atoms with Crippen molar-refractivity contribution in [3.05, 3.63) is 0 Å². The predicted molar refractivity (Wildman–Crippen MR) is 56.0 cm³/mol. The molecule has 1 rings (SSSR count). The molecule has 0 unspecified atom stereocenters. The molecule has 0 saturated heterocycles. The standard InChI is InChI=1S/C11H23NO/c1-3-4-9-13-10-8-12-11(2)6-5-7-11/h12H,3-10H2,1-2H3. The van der Waals surface area contributed by atoms with Gasteiger partial charge in [-0.1, -0.05) is 13.3 Å². The van der Waals surface area contributed by atoms with Crippen molar-refractivity contribution in [1.82, 2.24) is 5.32 Å². The van der Waals surface area contributed by atoms with Gasteiger partial charge in [-0.2, -0.15) is 0 Å². The van der Waals surface area contributed by atoms with E-state index in [0.717, 1.165) is 19.8 Å². The smallest absolute Gasteiger partial charge is 0.0591 e. The van der Waals surface area contributed by atoms with E-state index >= 15 is 0 Å². The molecule has 0 radical (unpaired) electrons. The molecular weight excluding hydrogens is 162 g/mol. The SMILES string of the molecule is CCCCOCCNC1(C)CCC1. The molecule has 0 aromatic carbocycles. The van der Waals surface area contributed by atoms with Crippen molar-refractivity contribution in [2.45, 2.75) is 51.5 Å². The number of hydrogen-bond acceptors (Lipinski definition) is 2. The molecule has 78 valence electrons. The molecule has 0 aromatic rings. The monoisotopic (exact) mass is 185 g/mol. The van der Waals surface area contributed by atoms with Crippen LogP contribution in [0.4, 0.5) is 0 Å². The van der Waals surface area contributed by atoms with E-state index in [2.05, 4.69) is 19.2 Å². The third-order valence-electron chi connectivity index (χ3n) is 2.90. The minimum atomic E-state index is 0.439. The Morgan fingerprint density at radius 1 is 1.31 bits per heavy atom. The molecule has 0 spiro atoms. The molecule has 0 aromatic heterocycles. The highest BCUT2D eigenvalue weighted by Gasteiger charge is 2.30. The van der Waals surface area contributed by atoms with Crippen LogP contribution in [0.25, 0.3) is 0 Å². The first-order valence-corrected chi connectivity index (χ1v) is 5.60. The summed E-state index contributed by atoms with van der Waals surface area (Å²) in [4.78, 5) is 0. The minimum absolute atomic E-state index is 0.439. The Balaban J connectivity index is 1.83. The van der Waals surface area contributed by atoms with Gasteiger partial charge in [-0.3, -0.25) is 0 Å². The van der Waals surface area contributed by atoms with Crippen molar-refractivity contribution in [2.24, 2.45) is 0 Å². The summed E-state index contributed by atoms with van der Waals surface area (Å²) in [6.45, 7) is 7.31. The fourth-order valence-corrected chi connectivity index (χ4v) is 1.66. The van der Waals surface area contributed by atoms with E-state index in [0.29, 0.717) is 5.54 Å². The number of unbranched alkanes of at least 4 members (excludes halogenated alkanes) is 1. The maximum absolute atomic E-state index is 5.48. The second-order valence-corrected chi connectivity index (χ2v) is 4.31. The summed E-state index contributed by atoms with van der Waals surface area (Å²) in [7, 11) is 0. The van der Waals surface area contributed by atoms with Gasteiger partial charge in [0.15, 0.2) is 0 Å². The largest absolute Gasteiger partial charge is 0.380 e. The summed E-state index contributed by atoms with van der Waals surface area (Å²) in [6, 6.07) is 0. The van der Waals surface area contributed by atoms with E-state index in [1.807, 2.05) is 0 Å². The quantitative estimate of drug-likeness (QED) is 0.615. The van der Waals surface area contributed by atoms with Gasteiger partial charge in [0.2, 0.25) is 0 Å². The second-order valence-electron chi connectivity index (χ2n) is 4.31. The summed E-state index contributed by atoms with van der Waals surface area (Å²) >= 11 is 0. The molecule has 1 N–H and O–H groups in total. The van der Waals surface area contributed by atoms with E-state index in [9.17, 15) is 0 Å². The number of nitrogens with one attached hydrogen (secondary N) is 1. The first-order valence-electron chi connectivity index (χ1n) is 5.60. The summed E-state index contributed by atoms with van der Waals surface area (Å²) in [5.41, 5.74) is 0.439. The molecule has 1 aliphatic carbocycles. The Morgan fingerprint density at radius 3 is 2.62 bits per heavy atom. The first kappa shape index (κ1) is 11.0. The summed E-state index contributed by atoms with van der Waals surface area (Å²) < 4.78 is 5.48. The van der Waals surface area contributed by atoms with Crippen LogP contribution in [0, 0.1) is 0 Å². The van der Waals surface area contributed by atoms with Crippen LogP contribution in [0.2, 0.25) is 0 Å². The lowest BCUT2D eigenvalue weighted by atomic mass is 9.78. The lowest BCUT2D eigenvalue weighted by Gasteiger charge is -2.39. The Labute approximate surface area is 82.0 Å². The van der Waals surface area contributed by atoms with Gasteiger partial charge >= 0.3 is 0 Å². The summed E-state index contributed by atoms with van der Waals surface area (Å²) in [5.74, 6) is 0. The zero-order valence-corrected chi connectivity index (χ0v) is 9.07. The fraction of sp³-hybridized carbons (Fsp3) is 1.00. The Hall–Kier alpha value is -0.0800. The molecule has 1 saturated carbocycles.